The van der Waals surface area contributed by atoms with Crippen molar-refractivity contribution in [3.05, 3.63) is 0 Å². The van der Waals surface area contributed by atoms with Gasteiger partial charge in [0.25, 0.3) is 0 Å². The Bertz CT molecular complexity index is 208. The normalized spacial score (nSPS) is 21.5. The number of carboxylic acid groups (broad SMARTS) is 1. The van der Waals surface area contributed by atoms with Gasteiger partial charge in [0.2, 0.25) is 0 Å². The second kappa shape index (κ2) is 5.50. The standard InChI is InChI=1S/C12H23NO2/c1-3-12(2)6-9-13(10-7-12)8-4-5-11(14)15/h3-10H2,1-2H3,(H,14,15). The van der Waals surface area contributed by atoms with E-state index < -0.39 is 5.97 Å². The van der Waals surface area contributed by atoms with Gasteiger partial charge in [-0.2, -0.15) is 0 Å². The lowest BCUT2D eigenvalue weighted by atomic mass is 9.78. The second-order valence-corrected chi connectivity index (χ2v) is 5.00. The molecule has 1 rings (SSSR count). The number of carboxylic acids is 1. The molecule has 0 amide bonds. The molecular formula is C12H23NO2. The topological polar surface area (TPSA) is 40.5 Å². The first kappa shape index (κ1) is 12.5. The first-order chi connectivity index (χ1) is 7.06. The van der Waals surface area contributed by atoms with Gasteiger partial charge in [-0.15, -0.1) is 0 Å². The van der Waals surface area contributed by atoms with Crippen molar-refractivity contribution in [1.29, 1.82) is 0 Å². The maximum atomic E-state index is 10.4. The minimum atomic E-state index is -0.676. The molecule has 15 heavy (non-hydrogen) atoms. The number of rotatable bonds is 5. The number of carbonyl (C=O) groups is 1. The van der Waals surface area contributed by atoms with Gasteiger partial charge in [0.15, 0.2) is 0 Å². The average Bonchev–Trinajstić information content (AvgIpc) is 2.21. The highest BCUT2D eigenvalue weighted by molar-refractivity contribution is 5.66. The Labute approximate surface area is 92.5 Å². The van der Waals surface area contributed by atoms with Crippen molar-refractivity contribution in [3.8, 4) is 0 Å². The van der Waals surface area contributed by atoms with Crippen LogP contribution in [-0.2, 0) is 4.79 Å². The Balaban J connectivity index is 2.17. The number of aliphatic carboxylic acids is 1. The molecule has 0 aromatic carbocycles. The van der Waals surface area contributed by atoms with E-state index in [9.17, 15) is 4.79 Å². The van der Waals surface area contributed by atoms with Crippen molar-refractivity contribution in [2.45, 2.75) is 46.0 Å². The van der Waals surface area contributed by atoms with Crippen molar-refractivity contribution >= 4 is 5.97 Å². The van der Waals surface area contributed by atoms with Crippen molar-refractivity contribution in [3.63, 3.8) is 0 Å². The summed E-state index contributed by atoms with van der Waals surface area (Å²) in [6, 6.07) is 0. The number of piperidine rings is 1. The molecule has 0 spiro atoms. The van der Waals surface area contributed by atoms with Crippen LogP contribution in [0.4, 0.5) is 0 Å². The van der Waals surface area contributed by atoms with Crippen LogP contribution in [0.2, 0.25) is 0 Å². The van der Waals surface area contributed by atoms with E-state index in [-0.39, 0.29) is 0 Å². The predicted molar refractivity (Wildman–Crippen MR) is 60.9 cm³/mol. The zero-order chi connectivity index (χ0) is 11.3. The second-order valence-electron chi connectivity index (χ2n) is 5.00. The van der Waals surface area contributed by atoms with Crippen molar-refractivity contribution in [2.24, 2.45) is 5.41 Å². The first-order valence-electron chi connectivity index (χ1n) is 6.00. The smallest absolute Gasteiger partial charge is 0.303 e. The molecule has 0 bridgehead atoms. The van der Waals surface area contributed by atoms with Gasteiger partial charge in [-0.1, -0.05) is 20.3 Å². The minimum Gasteiger partial charge on any atom is -0.481 e. The van der Waals surface area contributed by atoms with Gasteiger partial charge in [0, 0.05) is 6.42 Å². The Morgan fingerprint density at radius 1 is 1.40 bits per heavy atom. The maximum absolute atomic E-state index is 10.4. The zero-order valence-electron chi connectivity index (χ0n) is 9.96. The van der Waals surface area contributed by atoms with Crippen molar-refractivity contribution in [2.75, 3.05) is 19.6 Å². The van der Waals surface area contributed by atoms with Crippen LogP contribution in [0.1, 0.15) is 46.0 Å². The molecule has 0 atom stereocenters. The van der Waals surface area contributed by atoms with E-state index in [4.69, 9.17) is 5.11 Å². The summed E-state index contributed by atoms with van der Waals surface area (Å²) in [7, 11) is 0. The molecule has 1 heterocycles. The molecule has 0 aromatic rings. The minimum absolute atomic E-state index is 0.307. The molecule has 0 aromatic heterocycles. The molecule has 0 unspecified atom stereocenters. The molecular weight excluding hydrogens is 190 g/mol. The molecule has 0 saturated carbocycles. The van der Waals surface area contributed by atoms with Gasteiger partial charge in [-0.25, -0.2) is 0 Å². The molecule has 1 aliphatic heterocycles. The summed E-state index contributed by atoms with van der Waals surface area (Å²) in [5, 5.41) is 8.55. The highest BCUT2D eigenvalue weighted by Crippen LogP contribution is 2.33. The Morgan fingerprint density at radius 3 is 2.47 bits per heavy atom. The van der Waals surface area contributed by atoms with Crippen molar-refractivity contribution < 1.29 is 9.90 Å². The lowest BCUT2D eigenvalue weighted by Crippen LogP contribution is -2.38. The molecule has 1 N–H and O–H groups in total. The van der Waals surface area contributed by atoms with Gasteiger partial charge >= 0.3 is 5.97 Å². The molecule has 88 valence electrons. The SMILES string of the molecule is CCC1(C)CCN(CCCC(=O)O)CC1. The summed E-state index contributed by atoms with van der Waals surface area (Å²) in [6.07, 6.45) is 4.88. The van der Waals surface area contributed by atoms with Gasteiger partial charge < -0.3 is 10.0 Å². The van der Waals surface area contributed by atoms with E-state index >= 15 is 0 Å². The van der Waals surface area contributed by atoms with E-state index in [2.05, 4.69) is 18.7 Å². The largest absolute Gasteiger partial charge is 0.481 e. The van der Waals surface area contributed by atoms with E-state index in [1.54, 1.807) is 0 Å². The third-order valence-electron chi connectivity index (χ3n) is 3.78. The summed E-state index contributed by atoms with van der Waals surface area (Å²) in [4.78, 5) is 12.8. The first-order valence-corrected chi connectivity index (χ1v) is 6.00. The molecule has 3 nitrogen and oxygen atoms in total. The zero-order valence-corrected chi connectivity index (χ0v) is 9.96. The summed E-state index contributed by atoms with van der Waals surface area (Å²) in [6.45, 7) is 7.86. The van der Waals surface area contributed by atoms with E-state index in [0.717, 1.165) is 26.1 Å². The van der Waals surface area contributed by atoms with Gasteiger partial charge in [-0.3, -0.25) is 4.79 Å². The highest BCUT2D eigenvalue weighted by Gasteiger charge is 2.27. The number of likely N-dealkylation sites (tertiary alicyclic amines) is 1. The summed E-state index contributed by atoms with van der Waals surface area (Å²) in [5.74, 6) is -0.676. The highest BCUT2D eigenvalue weighted by atomic mass is 16.4. The van der Waals surface area contributed by atoms with E-state index in [1.807, 2.05) is 0 Å². The third kappa shape index (κ3) is 4.20. The van der Waals surface area contributed by atoms with E-state index in [0.29, 0.717) is 11.8 Å². The fourth-order valence-electron chi connectivity index (χ4n) is 2.12. The monoisotopic (exact) mass is 213 g/mol. The van der Waals surface area contributed by atoms with Crippen LogP contribution < -0.4 is 0 Å². The predicted octanol–water partition coefficient (Wildman–Crippen LogP) is 2.36. The van der Waals surface area contributed by atoms with Gasteiger partial charge in [0.1, 0.15) is 0 Å². The van der Waals surface area contributed by atoms with Crippen LogP contribution >= 0.6 is 0 Å². The quantitative estimate of drug-likeness (QED) is 0.762. The van der Waals surface area contributed by atoms with Crippen LogP contribution in [-0.4, -0.2) is 35.6 Å². The Kier molecular flexibility index (Phi) is 4.58. The summed E-state index contributed by atoms with van der Waals surface area (Å²) in [5.41, 5.74) is 0.531. The lowest BCUT2D eigenvalue weighted by Gasteiger charge is -2.38. The van der Waals surface area contributed by atoms with Crippen LogP contribution in [0.25, 0.3) is 0 Å². The van der Waals surface area contributed by atoms with E-state index in [1.165, 1.54) is 19.3 Å². The Morgan fingerprint density at radius 2 is 2.00 bits per heavy atom. The summed E-state index contributed by atoms with van der Waals surface area (Å²) >= 11 is 0. The molecule has 1 saturated heterocycles. The van der Waals surface area contributed by atoms with Crippen LogP contribution in [0, 0.1) is 5.41 Å². The molecule has 1 fully saturated rings. The fourth-order valence-corrected chi connectivity index (χ4v) is 2.12. The van der Waals surface area contributed by atoms with Gasteiger partial charge in [0.05, 0.1) is 0 Å². The number of nitrogens with zero attached hydrogens (tertiary/aromatic N) is 1. The van der Waals surface area contributed by atoms with Crippen molar-refractivity contribution in [1.82, 2.24) is 4.90 Å². The summed E-state index contributed by atoms with van der Waals surface area (Å²) < 4.78 is 0. The molecule has 1 aliphatic rings. The van der Waals surface area contributed by atoms with Gasteiger partial charge in [-0.05, 0) is 44.3 Å². The Hall–Kier alpha value is -0.570. The molecule has 0 radical (unpaired) electrons. The van der Waals surface area contributed by atoms with Crippen LogP contribution in [0.5, 0.6) is 0 Å². The molecule has 3 heteroatoms. The number of hydrogen-bond acceptors (Lipinski definition) is 2. The van der Waals surface area contributed by atoms with Crippen LogP contribution in [0.3, 0.4) is 0 Å². The maximum Gasteiger partial charge on any atom is 0.303 e. The lowest BCUT2D eigenvalue weighted by molar-refractivity contribution is -0.137. The average molecular weight is 213 g/mol. The fraction of sp³-hybridized carbons (Fsp3) is 0.917. The number of hydrogen-bond donors (Lipinski definition) is 1. The van der Waals surface area contributed by atoms with Crippen LogP contribution in [0.15, 0.2) is 0 Å². The molecule has 0 aliphatic carbocycles. The third-order valence-corrected chi connectivity index (χ3v) is 3.78.